The van der Waals surface area contributed by atoms with Gasteiger partial charge in [0.15, 0.2) is 0 Å². The van der Waals surface area contributed by atoms with E-state index in [2.05, 4.69) is 10.4 Å². The van der Waals surface area contributed by atoms with Crippen LogP contribution in [0, 0.1) is 20.8 Å². The number of aryl methyl sites for hydroxylation is 2. The number of halogens is 3. The van der Waals surface area contributed by atoms with E-state index in [0.717, 1.165) is 22.4 Å². The maximum absolute atomic E-state index is 12.9. The van der Waals surface area contributed by atoms with Gasteiger partial charge in [0.1, 0.15) is 12.4 Å². The lowest BCUT2D eigenvalue weighted by atomic mass is 10.1. The number of ether oxygens (including phenoxy) is 1. The summed E-state index contributed by atoms with van der Waals surface area (Å²) in [6.07, 6.45) is 0. The lowest BCUT2D eigenvalue weighted by Crippen LogP contribution is -2.13. The molecule has 0 aliphatic heterocycles. The summed E-state index contributed by atoms with van der Waals surface area (Å²) in [5, 5.41) is 9.27. The van der Waals surface area contributed by atoms with Crippen molar-refractivity contribution in [3.05, 3.63) is 109 Å². The molecular formula is C27H24Cl3N3O2. The van der Waals surface area contributed by atoms with Crippen LogP contribution in [0.1, 0.15) is 38.4 Å². The van der Waals surface area contributed by atoms with Gasteiger partial charge in [-0.25, -0.2) is 0 Å². The molecule has 1 aromatic heterocycles. The molecular weight excluding hydrogens is 505 g/mol. The van der Waals surface area contributed by atoms with Crippen LogP contribution in [0.3, 0.4) is 0 Å². The van der Waals surface area contributed by atoms with Crippen LogP contribution < -0.4 is 10.1 Å². The van der Waals surface area contributed by atoms with E-state index in [1.807, 2.05) is 51.1 Å². The average Bonchev–Trinajstić information content (AvgIpc) is 3.09. The zero-order chi connectivity index (χ0) is 25.1. The van der Waals surface area contributed by atoms with E-state index in [-0.39, 0.29) is 5.91 Å². The Morgan fingerprint density at radius 2 is 1.63 bits per heavy atom. The van der Waals surface area contributed by atoms with E-state index in [4.69, 9.17) is 39.5 Å². The van der Waals surface area contributed by atoms with Gasteiger partial charge in [-0.3, -0.25) is 9.48 Å². The molecule has 180 valence electrons. The van der Waals surface area contributed by atoms with E-state index < -0.39 is 0 Å². The highest BCUT2D eigenvalue weighted by molar-refractivity contribution is 6.36. The van der Waals surface area contributed by atoms with Crippen molar-refractivity contribution in [2.75, 3.05) is 5.32 Å². The minimum absolute atomic E-state index is 0.222. The number of hydrogen-bond acceptors (Lipinski definition) is 3. The van der Waals surface area contributed by atoms with E-state index >= 15 is 0 Å². The van der Waals surface area contributed by atoms with Crippen LogP contribution in [0.4, 0.5) is 5.69 Å². The van der Waals surface area contributed by atoms with E-state index in [0.29, 0.717) is 50.9 Å². The zero-order valence-electron chi connectivity index (χ0n) is 19.5. The number of nitrogens with zero attached hydrogens (tertiary/aromatic N) is 2. The molecule has 5 nitrogen and oxygen atoms in total. The summed E-state index contributed by atoms with van der Waals surface area (Å²) >= 11 is 18.8. The third-order valence-electron chi connectivity index (χ3n) is 5.69. The standard InChI is InChI=1S/C27H24Cl3N3O2/c1-16-7-12-24(30)25(13-16)35-15-19-8-10-20(11-9-19)27(34)31-26-17(2)32-33(18(26)3)14-21-22(28)5-4-6-23(21)29/h4-13H,14-15H2,1-3H3,(H,31,34). The molecule has 0 aliphatic rings. The average molecular weight is 529 g/mol. The van der Waals surface area contributed by atoms with Gasteiger partial charge in [-0.05, 0) is 68.3 Å². The summed E-state index contributed by atoms with van der Waals surface area (Å²) in [5.74, 6) is 0.412. The first-order valence-corrected chi connectivity index (χ1v) is 12.1. The molecule has 4 rings (SSSR count). The first-order valence-electron chi connectivity index (χ1n) is 11.0. The van der Waals surface area contributed by atoms with Gasteiger partial charge in [0.2, 0.25) is 0 Å². The number of amides is 1. The maximum atomic E-state index is 12.9. The van der Waals surface area contributed by atoms with Crippen LogP contribution in [0.2, 0.25) is 15.1 Å². The normalized spacial score (nSPS) is 10.9. The number of benzene rings is 3. The molecule has 0 radical (unpaired) electrons. The highest BCUT2D eigenvalue weighted by atomic mass is 35.5. The van der Waals surface area contributed by atoms with E-state index in [9.17, 15) is 4.79 Å². The van der Waals surface area contributed by atoms with E-state index in [1.165, 1.54) is 0 Å². The molecule has 1 amide bonds. The fourth-order valence-corrected chi connectivity index (χ4v) is 4.37. The Balaban J connectivity index is 1.44. The van der Waals surface area contributed by atoms with Crippen LogP contribution in [0.15, 0.2) is 60.7 Å². The molecule has 1 heterocycles. The zero-order valence-corrected chi connectivity index (χ0v) is 21.8. The maximum Gasteiger partial charge on any atom is 0.255 e. The van der Waals surface area contributed by atoms with Crippen LogP contribution in [-0.2, 0) is 13.2 Å². The van der Waals surface area contributed by atoms with Gasteiger partial charge in [-0.2, -0.15) is 5.10 Å². The van der Waals surface area contributed by atoms with Crippen molar-refractivity contribution in [3.63, 3.8) is 0 Å². The minimum Gasteiger partial charge on any atom is -0.487 e. The summed E-state index contributed by atoms with van der Waals surface area (Å²) < 4.78 is 7.62. The highest BCUT2D eigenvalue weighted by Crippen LogP contribution is 2.28. The molecule has 3 aromatic carbocycles. The van der Waals surface area contributed by atoms with Crippen molar-refractivity contribution in [2.45, 2.75) is 33.9 Å². The number of aromatic nitrogens is 2. The summed E-state index contributed by atoms with van der Waals surface area (Å²) in [6.45, 7) is 6.48. The Kier molecular flexibility index (Phi) is 7.70. The molecule has 4 aromatic rings. The second kappa shape index (κ2) is 10.7. The molecule has 35 heavy (non-hydrogen) atoms. The Bertz CT molecular complexity index is 1360. The van der Waals surface area contributed by atoms with Gasteiger partial charge in [0.05, 0.1) is 28.6 Å². The summed E-state index contributed by atoms with van der Waals surface area (Å²) in [4.78, 5) is 12.9. The second-order valence-electron chi connectivity index (χ2n) is 8.28. The molecule has 0 aliphatic carbocycles. The topological polar surface area (TPSA) is 56.1 Å². The molecule has 0 saturated heterocycles. The molecule has 0 atom stereocenters. The van der Waals surface area contributed by atoms with Gasteiger partial charge < -0.3 is 10.1 Å². The van der Waals surface area contributed by atoms with Crippen LogP contribution in [0.5, 0.6) is 5.75 Å². The molecule has 0 fully saturated rings. The van der Waals surface area contributed by atoms with Crippen molar-refractivity contribution in [2.24, 2.45) is 0 Å². The quantitative estimate of drug-likeness (QED) is 0.268. The predicted molar refractivity (Wildman–Crippen MR) is 142 cm³/mol. The molecule has 8 heteroatoms. The Morgan fingerprint density at radius 1 is 0.943 bits per heavy atom. The third kappa shape index (κ3) is 5.81. The first kappa shape index (κ1) is 25.1. The summed E-state index contributed by atoms with van der Waals surface area (Å²) in [6, 6.07) is 18.3. The smallest absolute Gasteiger partial charge is 0.255 e. The number of rotatable bonds is 7. The number of anilines is 1. The Labute approximate surface area is 219 Å². The summed E-state index contributed by atoms with van der Waals surface area (Å²) in [5.41, 5.74) is 5.49. The van der Waals surface area contributed by atoms with Crippen molar-refractivity contribution >= 4 is 46.4 Å². The van der Waals surface area contributed by atoms with Gasteiger partial charge in [-0.15, -0.1) is 0 Å². The number of carbonyl (C=O) groups is 1. The monoisotopic (exact) mass is 527 g/mol. The van der Waals surface area contributed by atoms with Crippen molar-refractivity contribution in [1.29, 1.82) is 0 Å². The van der Waals surface area contributed by atoms with Gasteiger partial charge >= 0.3 is 0 Å². The summed E-state index contributed by atoms with van der Waals surface area (Å²) in [7, 11) is 0. The second-order valence-corrected chi connectivity index (χ2v) is 9.50. The first-order chi connectivity index (χ1) is 16.7. The van der Waals surface area contributed by atoms with Crippen LogP contribution in [0.25, 0.3) is 0 Å². The fourth-order valence-electron chi connectivity index (χ4n) is 3.69. The minimum atomic E-state index is -0.222. The number of nitrogens with one attached hydrogen (secondary N) is 1. The predicted octanol–water partition coefficient (Wildman–Crippen LogP) is 7.65. The molecule has 0 spiro atoms. The largest absolute Gasteiger partial charge is 0.487 e. The lowest BCUT2D eigenvalue weighted by molar-refractivity contribution is 0.102. The van der Waals surface area contributed by atoms with Gasteiger partial charge in [0.25, 0.3) is 5.91 Å². The third-order valence-corrected chi connectivity index (χ3v) is 6.71. The number of carbonyl (C=O) groups excluding carboxylic acids is 1. The SMILES string of the molecule is Cc1ccc(Cl)c(OCc2ccc(C(=O)Nc3c(C)nn(Cc4c(Cl)cccc4Cl)c3C)cc2)c1. The molecule has 0 bridgehead atoms. The van der Waals surface area contributed by atoms with Crippen molar-refractivity contribution in [1.82, 2.24) is 9.78 Å². The van der Waals surface area contributed by atoms with Crippen LogP contribution >= 0.6 is 34.8 Å². The Morgan fingerprint density at radius 3 is 2.31 bits per heavy atom. The lowest BCUT2D eigenvalue weighted by Gasteiger charge is -2.11. The van der Waals surface area contributed by atoms with Gasteiger partial charge in [0, 0.05) is 21.2 Å². The van der Waals surface area contributed by atoms with Crippen molar-refractivity contribution < 1.29 is 9.53 Å². The van der Waals surface area contributed by atoms with E-state index in [1.54, 1.807) is 35.0 Å². The number of hydrogen-bond donors (Lipinski definition) is 1. The van der Waals surface area contributed by atoms with Crippen molar-refractivity contribution in [3.8, 4) is 5.75 Å². The Hall–Kier alpha value is -2.99. The fraction of sp³-hybridized carbons (Fsp3) is 0.185. The molecule has 1 N–H and O–H groups in total. The highest BCUT2D eigenvalue weighted by Gasteiger charge is 2.17. The van der Waals surface area contributed by atoms with Crippen LogP contribution in [-0.4, -0.2) is 15.7 Å². The molecule has 0 saturated carbocycles. The molecule has 0 unspecified atom stereocenters. The van der Waals surface area contributed by atoms with Gasteiger partial charge in [-0.1, -0.05) is 59.1 Å².